The fourth-order valence-electron chi connectivity index (χ4n) is 1.91. The van der Waals surface area contributed by atoms with Crippen LogP contribution in [0.5, 0.6) is 0 Å². The number of benzene rings is 1. The molecule has 0 spiro atoms. The second-order valence-electron chi connectivity index (χ2n) is 5.02. The fraction of sp³-hybridized carbons (Fsp3) is 0.467. The average molecular weight is 314 g/mol. The van der Waals surface area contributed by atoms with Crippen LogP contribution in [0, 0.1) is 0 Å². The molecular weight excluding hydrogens is 290 g/mol. The van der Waals surface area contributed by atoms with E-state index in [2.05, 4.69) is 10.6 Å². The Morgan fingerprint density at radius 3 is 2.19 bits per heavy atom. The molecule has 1 rings (SSSR count). The molecule has 1 aromatic carbocycles. The SMILES string of the molecule is CNCC(=O)Nc1ccc(CN(C(C)=O)C(C)C)cc1.Cl. The van der Waals surface area contributed by atoms with Gasteiger partial charge in [-0.2, -0.15) is 0 Å². The lowest BCUT2D eigenvalue weighted by molar-refractivity contribution is -0.131. The van der Waals surface area contributed by atoms with Crippen LogP contribution in [0.1, 0.15) is 26.3 Å². The zero-order valence-electron chi connectivity index (χ0n) is 13.0. The Labute approximate surface area is 132 Å². The minimum atomic E-state index is -0.0761. The van der Waals surface area contributed by atoms with E-state index in [1.165, 1.54) is 0 Å². The van der Waals surface area contributed by atoms with Crippen molar-refractivity contribution >= 4 is 29.9 Å². The minimum absolute atomic E-state index is 0. The van der Waals surface area contributed by atoms with Crippen molar-refractivity contribution in [2.75, 3.05) is 18.9 Å². The van der Waals surface area contributed by atoms with Gasteiger partial charge in [0.1, 0.15) is 0 Å². The van der Waals surface area contributed by atoms with Crippen LogP contribution in [-0.4, -0.2) is 36.3 Å². The van der Waals surface area contributed by atoms with Crippen molar-refractivity contribution in [3.05, 3.63) is 29.8 Å². The summed E-state index contributed by atoms with van der Waals surface area (Å²) in [6, 6.07) is 7.71. The van der Waals surface area contributed by atoms with Crippen LogP contribution in [0.3, 0.4) is 0 Å². The number of carbonyl (C=O) groups excluding carboxylic acids is 2. The third-order valence-corrected chi connectivity index (χ3v) is 2.96. The van der Waals surface area contributed by atoms with Crippen LogP contribution in [0.4, 0.5) is 5.69 Å². The van der Waals surface area contributed by atoms with Crippen molar-refractivity contribution < 1.29 is 9.59 Å². The molecule has 0 aliphatic heterocycles. The second-order valence-corrected chi connectivity index (χ2v) is 5.02. The van der Waals surface area contributed by atoms with Crippen LogP contribution < -0.4 is 10.6 Å². The van der Waals surface area contributed by atoms with Crippen LogP contribution in [0.25, 0.3) is 0 Å². The highest BCUT2D eigenvalue weighted by atomic mass is 35.5. The van der Waals surface area contributed by atoms with Crippen LogP contribution in [-0.2, 0) is 16.1 Å². The maximum Gasteiger partial charge on any atom is 0.238 e. The molecule has 0 aromatic heterocycles. The number of anilines is 1. The van der Waals surface area contributed by atoms with Gasteiger partial charge in [-0.25, -0.2) is 0 Å². The zero-order valence-corrected chi connectivity index (χ0v) is 13.8. The monoisotopic (exact) mass is 313 g/mol. The number of hydrogen-bond donors (Lipinski definition) is 2. The number of halogens is 1. The summed E-state index contributed by atoms with van der Waals surface area (Å²) in [5, 5.41) is 5.58. The summed E-state index contributed by atoms with van der Waals surface area (Å²) in [5.41, 5.74) is 1.80. The van der Waals surface area contributed by atoms with Gasteiger partial charge in [0.25, 0.3) is 0 Å². The van der Waals surface area contributed by atoms with Gasteiger partial charge in [0.2, 0.25) is 11.8 Å². The molecule has 0 heterocycles. The lowest BCUT2D eigenvalue weighted by Gasteiger charge is -2.25. The Bertz CT molecular complexity index is 460. The quantitative estimate of drug-likeness (QED) is 0.844. The molecule has 0 bridgehead atoms. The first-order valence-corrected chi connectivity index (χ1v) is 6.74. The molecule has 6 heteroatoms. The molecule has 1 aromatic rings. The third kappa shape index (κ3) is 6.60. The molecule has 0 saturated heterocycles. The maximum atomic E-state index is 11.5. The molecule has 0 unspecified atom stereocenters. The lowest BCUT2D eigenvalue weighted by Crippen LogP contribution is -2.34. The number of nitrogens with zero attached hydrogens (tertiary/aromatic N) is 1. The molecule has 0 radical (unpaired) electrons. The van der Waals surface area contributed by atoms with E-state index in [9.17, 15) is 9.59 Å². The molecule has 0 fully saturated rings. The first-order chi connectivity index (χ1) is 9.43. The van der Waals surface area contributed by atoms with Gasteiger partial charge < -0.3 is 15.5 Å². The number of rotatable bonds is 6. The lowest BCUT2D eigenvalue weighted by atomic mass is 10.1. The van der Waals surface area contributed by atoms with E-state index in [0.29, 0.717) is 6.54 Å². The minimum Gasteiger partial charge on any atom is -0.336 e. The Kier molecular flexibility index (Phi) is 8.66. The van der Waals surface area contributed by atoms with Gasteiger partial charge in [-0.15, -0.1) is 12.4 Å². The first-order valence-electron chi connectivity index (χ1n) is 6.74. The summed E-state index contributed by atoms with van der Waals surface area (Å²) < 4.78 is 0. The highest BCUT2D eigenvalue weighted by Gasteiger charge is 2.12. The molecular formula is C15H24ClN3O2. The van der Waals surface area contributed by atoms with Gasteiger partial charge in [-0.3, -0.25) is 9.59 Å². The molecule has 0 saturated carbocycles. The second kappa shape index (κ2) is 9.37. The largest absolute Gasteiger partial charge is 0.336 e. The Morgan fingerprint density at radius 1 is 1.19 bits per heavy atom. The van der Waals surface area contributed by atoms with E-state index in [1.807, 2.05) is 38.1 Å². The summed E-state index contributed by atoms with van der Waals surface area (Å²) in [6.45, 7) is 6.43. The van der Waals surface area contributed by atoms with Crippen molar-refractivity contribution in [3.63, 3.8) is 0 Å². The Balaban J connectivity index is 0.00000400. The average Bonchev–Trinajstić information content (AvgIpc) is 2.37. The van der Waals surface area contributed by atoms with E-state index in [1.54, 1.807) is 18.9 Å². The molecule has 118 valence electrons. The number of hydrogen-bond acceptors (Lipinski definition) is 3. The Hall–Kier alpha value is -1.59. The number of carbonyl (C=O) groups is 2. The molecule has 0 aliphatic carbocycles. The van der Waals surface area contributed by atoms with Crippen molar-refractivity contribution in [3.8, 4) is 0 Å². The van der Waals surface area contributed by atoms with Gasteiger partial charge in [-0.1, -0.05) is 12.1 Å². The molecule has 0 atom stereocenters. The van der Waals surface area contributed by atoms with E-state index < -0.39 is 0 Å². The first kappa shape index (κ1) is 19.4. The van der Waals surface area contributed by atoms with Gasteiger partial charge in [-0.05, 0) is 38.6 Å². The molecule has 2 amide bonds. The maximum absolute atomic E-state index is 11.5. The number of likely N-dealkylation sites (N-methyl/N-ethyl adjacent to an activating group) is 1. The molecule has 5 nitrogen and oxygen atoms in total. The normalized spacial score (nSPS) is 9.95. The highest BCUT2D eigenvalue weighted by molar-refractivity contribution is 5.92. The van der Waals surface area contributed by atoms with Crippen LogP contribution in [0.2, 0.25) is 0 Å². The van der Waals surface area contributed by atoms with Gasteiger partial charge in [0.15, 0.2) is 0 Å². The summed E-state index contributed by atoms with van der Waals surface area (Å²) in [5.74, 6) is -0.0146. The van der Waals surface area contributed by atoms with E-state index in [-0.39, 0.29) is 36.8 Å². The highest BCUT2D eigenvalue weighted by Crippen LogP contribution is 2.13. The van der Waals surface area contributed by atoms with E-state index in [4.69, 9.17) is 0 Å². The van der Waals surface area contributed by atoms with Crippen LogP contribution in [0.15, 0.2) is 24.3 Å². The van der Waals surface area contributed by atoms with Crippen molar-refractivity contribution in [2.24, 2.45) is 0 Å². The molecule has 21 heavy (non-hydrogen) atoms. The standard InChI is InChI=1S/C15H23N3O2.ClH/c1-11(2)18(12(3)19)10-13-5-7-14(8-6-13)17-15(20)9-16-4;/h5-8,11,16H,9-10H2,1-4H3,(H,17,20);1H. The smallest absolute Gasteiger partial charge is 0.238 e. The summed E-state index contributed by atoms with van der Waals surface area (Å²) in [6.07, 6.45) is 0. The topological polar surface area (TPSA) is 61.4 Å². The number of nitrogens with one attached hydrogen (secondary N) is 2. The van der Waals surface area contributed by atoms with Gasteiger partial charge in [0.05, 0.1) is 6.54 Å². The van der Waals surface area contributed by atoms with Gasteiger partial charge in [0, 0.05) is 25.2 Å². The third-order valence-electron chi connectivity index (χ3n) is 2.96. The van der Waals surface area contributed by atoms with E-state index >= 15 is 0 Å². The van der Waals surface area contributed by atoms with Crippen molar-refractivity contribution in [1.29, 1.82) is 0 Å². The van der Waals surface area contributed by atoms with Crippen molar-refractivity contribution in [1.82, 2.24) is 10.2 Å². The zero-order chi connectivity index (χ0) is 15.1. The summed E-state index contributed by atoms with van der Waals surface area (Å²) in [4.78, 5) is 24.8. The Morgan fingerprint density at radius 2 is 1.76 bits per heavy atom. The fourth-order valence-corrected chi connectivity index (χ4v) is 1.91. The van der Waals surface area contributed by atoms with Crippen molar-refractivity contribution in [2.45, 2.75) is 33.4 Å². The van der Waals surface area contributed by atoms with Crippen LogP contribution >= 0.6 is 12.4 Å². The summed E-state index contributed by atoms with van der Waals surface area (Å²) >= 11 is 0. The molecule has 0 aliphatic rings. The predicted octanol–water partition coefficient (Wildman–Crippen LogP) is 2.02. The predicted molar refractivity (Wildman–Crippen MR) is 87.6 cm³/mol. The van der Waals surface area contributed by atoms with Gasteiger partial charge >= 0.3 is 0 Å². The molecule has 2 N–H and O–H groups in total. The number of amides is 2. The van der Waals surface area contributed by atoms with E-state index in [0.717, 1.165) is 11.3 Å². The summed E-state index contributed by atoms with van der Waals surface area (Å²) in [7, 11) is 1.73.